The van der Waals surface area contributed by atoms with Gasteiger partial charge in [-0.1, -0.05) is 39.0 Å². The summed E-state index contributed by atoms with van der Waals surface area (Å²) in [5, 5.41) is 9.50. The second kappa shape index (κ2) is 7.87. The first kappa shape index (κ1) is 20.3. The summed E-state index contributed by atoms with van der Waals surface area (Å²) in [6, 6.07) is 9.69. The number of hydrogen-bond acceptors (Lipinski definition) is 4. The average molecular weight is 403 g/mol. The Hall–Kier alpha value is -2.48. The molecular weight excluding hydrogens is 376 g/mol. The summed E-state index contributed by atoms with van der Waals surface area (Å²) in [5.41, 5.74) is 2.05. The van der Waals surface area contributed by atoms with Gasteiger partial charge in [0.05, 0.1) is 12.3 Å². The molecule has 0 bridgehead atoms. The van der Waals surface area contributed by atoms with E-state index in [4.69, 9.17) is 0 Å². The van der Waals surface area contributed by atoms with Crippen LogP contribution in [0.25, 0.3) is 10.9 Å². The molecule has 1 aliphatic heterocycles. The van der Waals surface area contributed by atoms with Gasteiger partial charge in [-0.3, -0.25) is 13.8 Å². The molecule has 2 heterocycles. The van der Waals surface area contributed by atoms with Crippen molar-refractivity contribution in [1.29, 1.82) is 0 Å². The molecule has 1 aromatic carbocycles. The quantitative estimate of drug-likeness (QED) is 0.830. The Morgan fingerprint density at radius 3 is 2.68 bits per heavy atom. The number of aromatic nitrogens is 1. The Balaban J connectivity index is 1.94. The van der Waals surface area contributed by atoms with Crippen LogP contribution in [-0.2, 0) is 22.1 Å². The lowest BCUT2D eigenvalue weighted by molar-refractivity contribution is -0.121. The van der Waals surface area contributed by atoms with E-state index >= 15 is 0 Å². The molecular formula is C20H26N4O3S. The van der Waals surface area contributed by atoms with Gasteiger partial charge >= 0.3 is 0 Å². The van der Waals surface area contributed by atoms with Crippen molar-refractivity contribution in [2.45, 2.75) is 27.3 Å². The van der Waals surface area contributed by atoms with Gasteiger partial charge in [0.15, 0.2) is 0 Å². The zero-order chi connectivity index (χ0) is 20.5. The number of amides is 2. The highest BCUT2D eigenvalue weighted by Crippen LogP contribution is 2.27. The van der Waals surface area contributed by atoms with Crippen LogP contribution in [-0.4, -0.2) is 56.4 Å². The van der Waals surface area contributed by atoms with Crippen LogP contribution in [0.2, 0.25) is 0 Å². The van der Waals surface area contributed by atoms with Crippen molar-refractivity contribution in [3.63, 3.8) is 0 Å². The maximum Gasteiger partial charge on any atom is 0.291 e. The summed E-state index contributed by atoms with van der Waals surface area (Å²) in [4.78, 5) is 25.5. The van der Waals surface area contributed by atoms with Crippen LogP contribution in [0.1, 0.15) is 31.3 Å². The standard InChI is InChI=1S/C20H26N4O3S/c1-20(2,3)17-12-23-15-8-6-5-7-14(15)11-16(23)19(26)24(22-17)13-18(25)21-9-10-28(4)27/h5-8,11H,9-10,12-13H2,1-4H3,(H,21,25)/t28-/m0/s1. The van der Waals surface area contributed by atoms with Gasteiger partial charge < -0.3 is 9.88 Å². The van der Waals surface area contributed by atoms with Crippen molar-refractivity contribution in [2.24, 2.45) is 10.5 Å². The number of hydrogen-bond donors (Lipinski definition) is 1. The molecule has 1 aliphatic rings. The summed E-state index contributed by atoms with van der Waals surface area (Å²) in [6.45, 7) is 6.76. The van der Waals surface area contributed by atoms with Crippen LogP contribution >= 0.6 is 0 Å². The Morgan fingerprint density at radius 2 is 2.00 bits per heavy atom. The lowest BCUT2D eigenvalue weighted by Gasteiger charge is -2.23. The number of hydrazone groups is 1. The zero-order valence-electron chi connectivity index (χ0n) is 16.7. The number of carbonyl (C=O) groups excluding carboxylic acids is 2. The minimum Gasteiger partial charge on any atom is -0.354 e. The Kier molecular flexibility index (Phi) is 5.69. The third-order valence-electron chi connectivity index (χ3n) is 4.68. The smallest absolute Gasteiger partial charge is 0.291 e. The molecule has 0 radical (unpaired) electrons. The first-order valence-corrected chi connectivity index (χ1v) is 10.9. The van der Waals surface area contributed by atoms with Crippen molar-refractivity contribution in [3.8, 4) is 0 Å². The van der Waals surface area contributed by atoms with Crippen molar-refractivity contribution in [3.05, 3.63) is 36.0 Å². The van der Waals surface area contributed by atoms with Gasteiger partial charge in [-0.25, -0.2) is 5.01 Å². The molecule has 0 aliphatic carbocycles. The monoisotopic (exact) mass is 402 g/mol. The molecule has 8 heteroatoms. The largest absolute Gasteiger partial charge is 0.354 e. The molecule has 7 nitrogen and oxygen atoms in total. The van der Waals surface area contributed by atoms with Crippen molar-refractivity contribution < 1.29 is 13.8 Å². The molecule has 0 spiro atoms. The predicted octanol–water partition coefficient (Wildman–Crippen LogP) is 1.99. The average Bonchev–Trinajstić information content (AvgIpc) is 2.90. The van der Waals surface area contributed by atoms with Gasteiger partial charge in [0.2, 0.25) is 5.91 Å². The molecule has 3 rings (SSSR count). The molecule has 28 heavy (non-hydrogen) atoms. The van der Waals surface area contributed by atoms with E-state index in [2.05, 4.69) is 10.4 Å². The topological polar surface area (TPSA) is 83.8 Å². The highest BCUT2D eigenvalue weighted by Gasteiger charge is 2.31. The second-order valence-electron chi connectivity index (χ2n) is 7.96. The van der Waals surface area contributed by atoms with E-state index in [-0.39, 0.29) is 23.8 Å². The molecule has 0 fully saturated rings. The van der Waals surface area contributed by atoms with E-state index in [1.165, 1.54) is 5.01 Å². The summed E-state index contributed by atoms with van der Waals surface area (Å²) in [7, 11) is -0.981. The number of benzene rings is 1. The van der Waals surface area contributed by atoms with Crippen molar-refractivity contribution in [1.82, 2.24) is 14.9 Å². The lowest BCUT2D eigenvalue weighted by Crippen LogP contribution is -2.39. The Morgan fingerprint density at radius 1 is 1.29 bits per heavy atom. The van der Waals surface area contributed by atoms with E-state index < -0.39 is 10.8 Å². The number of para-hydroxylation sites is 1. The summed E-state index contributed by atoms with van der Waals surface area (Å²) < 4.78 is 13.1. The molecule has 150 valence electrons. The van der Waals surface area contributed by atoms with E-state index in [9.17, 15) is 13.8 Å². The van der Waals surface area contributed by atoms with Gasteiger partial charge in [-0.05, 0) is 12.1 Å². The van der Waals surface area contributed by atoms with Crippen LogP contribution in [0.3, 0.4) is 0 Å². The number of nitrogens with one attached hydrogen (secondary N) is 1. The van der Waals surface area contributed by atoms with E-state index in [0.717, 1.165) is 16.6 Å². The van der Waals surface area contributed by atoms with Gasteiger partial charge in [0.1, 0.15) is 12.2 Å². The van der Waals surface area contributed by atoms with Crippen LogP contribution in [0.15, 0.2) is 35.4 Å². The number of rotatable bonds is 5. The van der Waals surface area contributed by atoms with Crippen LogP contribution < -0.4 is 5.32 Å². The minimum atomic E-state index is -0.981. The van der Waals surface area contributed by atoms with E-state index in [1.54, 1.807) is 6.26 Å². The van der Waals surface area contributed by atoms with Crippen molar-refractivity contribution in [2.75, 3.05) is 25.1 Å². The zero-order valence-corrected chi connectivity index (χ0v) is 17.5. The normalized spacial score (nSPS) is 15.8. The van der Waals surface area contributed by atoms with Crippen molar-refractivity contribution >= 4 is 39.2 Å². The fraction of sp³-hybridized carbons (Fsp3) is 0.450. The van der Waals surface area contributed by atoms with Crippen LogP contribution in [0.5, 0.6) is 0 Å². The third kappa shape index (κ3) is 4.32. The third-order valence-corrected chi connectivity index (χ3v) is 5.46. The van der Waals surface area contributed by atoms with Crippen LogP contribution in [0.4, 0.5) is 0 Å². The fourth-order valence-electron chi connectivity index (χ4n) is 3.08. The Bertz CT molecular complexity index is 971. The second-order valence-corrected chi connectivity index (χ2v) is 9.52. The molecule has 1 N–H and O–H groups in total. The molecule has 1 atom stereocenters. The first-order valence-electron chi connectivity index (χ1n) is 9.21. The fourth-order valence-corrected chi connectivity index (χ4v) is 3.47. The summed E-state index contributed by atoms with van der Waals surface area (Å²) >= 11 is 0. The maximum atomic E-state index is 13.2. The van der Waals surface area contributed by atoms with Gasteiger partial charge in [0.25, 0.3) is 5.91 Å². The Labute approximate surface area is 167 Å². The molecule has 1 aromatic heterocycles. The van der Waals surface area contributed by atoms with E-state index in [0.29, 0.717) is 24.5 Å². The molecule has 0 unspecified atom stereocenters. The highest BCUT2D eigenvalue weighted by molar-refractivity contribution is 7.84. The molecule has 0 saturated heterocycles. The first-order chi connectivity index (χ1) is 13.2. The number of carbonyl (C=O) groups is 2. The highest BCUT2D eigenvalue weighted by atomic mass is 32.2. The van der Waals surface area contributed by atoms with E-state index in [1.807, 2.05) is 55.7 Å². The number of nitrogens with zero attached hydrogens (tertiary/aromatic N) is 3. The van der Waals surface area contributed by atoms with Gasteiger partial charge in [-0.15, -0.1) is 0 Å². The molecule has 2 aromatic rings. The molecule has 0 saturated carbocycles. The number of fused-ring (bicyclic) bond motifs is 3. The maximum absolute atomic E-state index is 13.2. The minimum absolute atomic E-state index is 0.170. The SMILES string of the molecule is C[S@](=O)CCNC(=O)CN1N=C(C(C)(C)C)Cn2c(cc3ccccc32)C1=O. The summed E-state index contributed by atoms with van der Waals surface area (Å²) in [5.74, 6) is -0.241. The predicted molar refractivity (Wildman–Crippen MR) is 112 cm³/mol. The van der Waals surface area contributed by atoms with Gasteiger partial charge in [-0.2, -0.15) is 5.10 Å². The van der Waals surface area contributed by atoms with Crippen LogP contribution in [0, 0.1) is 5.41 Å². The summed E-state index contributed by atoms with van der Waals surface area (Å²) in [6.07, 6.45) is 1.59. The molecule has 2 amide bonds. The lowest BCUT2D eigenvalue weighted by atomic mass is 9.90. The van der Waals surface area contributed by atoms with Gasteiger partial charge in [0, 0.05) is 45.7 Å².